The third kappa shape index (κ3) is 4.36. The van der Waals surface area contributed by atoms with Crippen molar-refractivity contribution in [1.82, 2.24) is 10.5 Å². The highest BCUT2D eigenvalue weighted by molar-refractivity contribution is 6.31. The molecular weight excluding hydrogens is 318 g/mol. The van der Waals surface area contributed by atoms with Crippen LogP contribution in [0.25, 0.3) is 0 Å². The van der Waals surface area contributed by atoms with Gasteiger partial charge in [0, 0.05) is 11.4 Å². The van der Waals surface area contributed by atoms with Crippen molar-refractivity contribution in [3.05, 3.63) is 28.8 Å². The van der Waals surface area contributed by atoms with Crippen LogP contribution in [0.3, 0.4) is 0 Å². The average Bonchev–Trinajstić information content (AvgIpc) is 2.75. The lowest BCUT2D eigenvalue weighted by Gasteiger charge is -2.17. The summed E-state index contributed by atoms with van der Waals surface area (Å²) in [6.07, 6.45) is 1.25. The minimum Gasteiger partial charge on any atom is -0.299 e. The Hall–Kier alpha value is -1.79. The number of rotatable bonds is 6. The van der Waals surface area contributed by atoms with Gasteiger partial charge in [-0.3, -0.25) is 25.3 Å². The van der Waals surface area contributed by atoms with E-state index in [1.54, 1.807) is 18.2 Å². The van der Waals surface area contributed by atoms with Gasteiger partial charge in [0.05, 0.1) is 24.3 Å². The van der Waals surface area contributed by atoms with Crippen molar-refractivity contribution in [1.29, 1.82) is 0 Å². The Labute approximate surface area is 141 Å². The first-order valence-corrected chi connectivity index (χ1v) is 7.99. The molecule has 0 aliphatic carbocycles. The fourth-order valence-electron chi connectivity index (χ4n) is 2.15. The van der Waals surface area contributed by atoms with Crippen molar-refractivity contribution in [2.24, 2.45) is 5.41 Å². The zero-order chi connectivity index (χ0) is 17.0. The summed E-state index contributed by atoms with van der Waals surface area (Å²) in [6, 6.07) is 5.30. The van der Waals surface area contributed by atoms with Gasteiger partial charge in [0.15, 0.2) is 0 Å². The molecule has 1 heterocycles. The minimum absolute atomic E-state index is 0.0532. The molecule has 2 N–H and O–H groups in total. The van der Waals surface area contributed by atoms with E-state index in [1.807, 2.05) is 20.8 Å². The van der Waals surface area contributed by atoms with Crippen LogP contribution in [0.1, 0.15) is 39.2 Å². The third-order valence-electron chi connectivity index (χ3n) is 3.58. The number of nitrogens with zero attached hydrogens (tertiary/aromatic N) is 1. The largest absolute Gasteiger partial charge is 0.299 e. The maximum Gasteiger partial charge on any atom is 0.254 e. The lowest BCUT2D eigenvalue weighted by molar-refractivity contribution is -0.165. The first-order valence-electron chi connectivity index (χ1n) is 7.61. The lowest BCUT2D eigenvalue weighted by atomic mass is 9.95. The number of hydrazine groups is 1. The molecule has 1 aromatic carbocycles. The van der Waals surface area contributed by atoms with Gasteiger partial charge in [-0.2, -0.15) is 0 Å². The highest BCUT2D eigenvalue weighted by Crippen LogP contribution is 2.30. The van der Waals surface area contributed by atoms with Crippen LogP contribution in [-0.4, -0.2) is 23.5 Å². The topological polar surface area (TPSA) is 70.7 Å². The van der Waals surface area contributed by atoms with E-state index in [4.69, 9.17) is 16.4 Å². The third-order valence-corrected chi connectivity index (χ3v) is 3.93. The monoisotopic (exact) mass is 339 g/mol. The molecule has 0 atom stereocenters. The van der Waals surface area contributed by atoms with Crippen LogP contribution in [0.5, 0.6) is 0 Å². The van der Waals surface area contributed by atoms with Crippen LogP contribution in [0.15, 0.2) is 18.2 Å². The lowest BCUT2D eigenvalue weighted by Crippen LogP contribution is -2.30. The second-order valence-corrected chi connectivity index (χ2v) is 6.64. The number of anilines is 1. The van der Waals surface area contributed by atoms with Crippen molar-refractivity contribution >= 4 is 29.1 Å². The van der Waals surface area contributed by atoms with Crippen LogP contribution in [-0.2, 0) is 21.0 Å². The minimum atomic E-state index is -0.502. The van der Waals surface area contributed by atoms with Crippen LogP contribution < -0.4 is 10.9 Å². The molecule has 23 heavy (non-hydrogen) atoms. The highest BCUT2D eigenvalue weighted by atomic mass is 35.5. The fraction of sp³-hybridized carbons (Fsp3) is 0.500. The predicted molar refractivity (Wildman–Crippen MR) is 88.4 cm³/mol. The summed E-state index contributed by atoms with van der Waals surface area (Å²) in [5.74, 6) is -0.131. The number of halogens is 1. The molecule has 1 fully saturated rings. The number of nitrogens with one attached hydrogen (secondary N) is 2. The molecule has 2 amide bonds. The number of hydrogen-bond donors (Lipinski definition) is 2. The first-order chi connectivity index (χ1) is 10.8. The van der Waals surface area contributed by atoms with Crippen LogP contribution in [0, 0.1) is 5.41 Å². The van der Waals surface area contributed by atoms with E-state index in [0.29, 0.717) is 30.3 Å². The zero-order valence-electron chi connectivity index (χ0n) is 13.6. The molecule has 0 bridgehead atoms. The smallest absolute Gasteiger partial charge is 0.254 e. The second kappa shape index (κ2) is 7.19. The Morgan fingerprint density at radius 2 is 2.17 bits per heavy atom. The van der Waals surface area contributed by atoms with Crippen LogP contribution in [0.2, 0.25) is 5.02 Å². The Morgan fingerprint density at radius 1 is 1.43 bits per heavy atom. The van der Waals surface area contributed by atoms with Gasteiger partial charge >= 0.3 is 0 Å². The summed E-state index contributed by atoms with van der Waals surface area (Å²) in [6.45, 7) is 6.30. The Balaban J connectivity index is 1.97. The maximum atomic E-state index is 12.1. The van der Waals surface area contributed by atoms with Gasteiger partial charge in [0.2, 0.25) is 5.91 Å². The molecule has 0 spiro atoms. The first kappa shape index (κ1) is 17.6. The summed E-state index contributed by atoms with van der Waals surface area (Å²) in [5, 5.41) is 1.85. The molecule has 1 aromatic rings. The van der Waals surface area contributed by atoms with Gasteiger partial charge in [0.1, 0.15) is 0 Å². The normalized spacial score (nSPS) is 16.5. The SMILES string of the molecule is CCCC(=O)NNc1ccc(CN2OCC(C)(C)C2=O)c(Cl)c1. The van der Waals surface area contributed by atoms with Crippen molar-refractivity contribution in [2.45, 2.75) is 40.2 Å². The molecule has 0 aromatic heterocycles. The van der Waals surface area contributed by atoms with E-state index in [2.05, 4.69) is 10.9 Å². The van der Waals surface area contributed by atoms with Gasteiger partial charge in [-0.05, 0) is 38.0 Å². The standard InChI is InChI=1S/C16H22ClN3O3/c1-4-5-14(21)19-18-12-7-6-11(13(17)8-12)9-20-15(22)16(2,3)10-23-20/h6-8,18H,4-5,9-10H2,1-3H3,(H,19,21). The number of carbonyl (C=O) groups is 2. The van der Waals surface area contributed by atoms with E-state index < -0.39 is 5.41 Å². The van der Waals surface area contributed by atoms with Gasteiger partial charge in [0.25, 0.3) is 5.91 Å². The molecule has 7 heteroatoms. The Bertz CT molecular complexity index is 604. The number of carbonyl (C=O) groups excluding carboxylic acids is 2. The summed E-state index contributed by atoms with van der Waals surface area (Å²) < 4.78 is 0. The van der Waals surface area contributed by atoms with Crippen molar-refractivity contribution < 1.29 is 14.4 Å². The molecule has 1 aliphatic heterocycles. The van der Waals surface area contributed by atoms with Crippen LogP contribution >= 0.6 is 11.6 Å². The highest BCUT2D eigenvalue weighted by Gasteiger charge is 2.40. The molecule has 126 valence electrons. The summed E-state index contributed by atoms with van der Waals surface area (Å²) >= 11 is 6.26. The summed E-state index contributed by atoms with van der Waals surface area (Å²) in [4.78, 5) is 29.0. The number of hydroxylamine groups is 2. The Kier molecular flexibility index (Phi) is 5.49. The van der Waals surface area contributed by atoms with E-state index in [1.165, 1.54) is 5.06 Å². The van der Waals surface area contributed by atoms with E-state index >= 15 is 0 Å². The van der Waals surface area contributed by atoms with Gasteiger partial charge < -0.3 is 0 Å². The molecule has 1 saturated heterocycles. The number of hydrogen-bond acceptors (Lipinski definition) is 4. The quantitative estimate of drug-likeness (QED) is 0.782. The molecule has 0 radical (unpaired) electrons. The fourth-order valence-corrected chi connectivity index (χ4v) is 2.39. The molecule has 2 rings (SSSR count). The van der Waals surface area contributed by atoms with Crippen molar-refractivity contribution in [3.63, 3.8) is 0 Å². The molecular formula is C16H22ClN3O3. The maximum absolute atomic E-state index is 12.1. The number of amides is 2. The number of benzene rings is 1. The molecule has 0 unspecified atom stereocenters. The second-order valence-electron chi connectivity index (χ2n) is 6.23. The molecule has 6 nitrogen and oxygen atoms in total. The van der Waals surface area contributed by atoms with Gasteiger partial charge in [-0.1, -0.05) is 24.6 Å². The summed E-state index contributed by atoms with van der Waals surface area (Å²) in [7, 11) is 0. The average molecular weight is 340 g/mol. The van der Waals surface area contributed by atoms with E-state index in [-0.39, 0.29) is 11.8 Å². The van der Waals surface area contributed by atoms with Crippen molar-refractivity contribution in [2.75, 3.05) is 12.0 Å². The van der Waals surface area contributed by atoms with Crippen molar-refractivity contribution in [3.8, 4) is 0 Å². The zero-order valence-corrected chi connectivity index (χ0v) is 14.4. The molecule has 1 aliphatic rings. The van der Waals surface area contributed by atoms with Crippen LogP contribution in [0.4, 0.5) is 5.69 Å². The van der Waals surface area contributed by atoms with E-state index in [9.17, 15) is 9.59 Å². The van der Waals surface area contributed by atoms with Gasteiger partial charge in [-0.15, -0.1) is 0 Å². The van der Waals surface area contributed by atoms with Gasteiger partial charge in [-0.25, -0.2) is 5.06 Å². The molecule has 0 saturated carbocycles. The summed E-state index contributed by atoms with van der Waals surface area (Å²) in [5.41, 5.74) is 6.37. The Morgan fingerprint density at radius 3 is 2.74 bits per heavy atom. The predicted octanol–water partition coefficient (Wildman–Crippen LogP) is 2.88. The van der Waals surface area contributed by atoms with E-state index in [0.717, 1.165) is 12.0 Å².